The number of benzene rings is 2. The fourth-order valence-electron chi connectivity index (χ4n) is 3.08. The highest BCUT2D eigenvalue weighted by atomic mass is 16.6. The Morgan fingerprint density at radius 1 is 1.04 bits per heavy atom. The molecule has 0 radical (unpaired) electrons. The first kappa shape index (κ1) is 18.8. The molecule has 0 aliphatic carbocycles. The van der Waals surface area contributed by atoms with Crippen molar-refractivity contribution in [1.82, 2.24) is 10.2 Å². The van der Waals surface area contributed by atoms with Gasteiger partial charge in [-0.25, -0.2) is 4.79 Å². The first-order valence-electron chi connectivity index (χ1n) is 9.10. The van der Waals surface area contributed by atoms with E-state index >= 15 is 0 Å². The highest BCUT2D eigenvalue weighted by molar-refractivity contribution is 5.94. The second-order valence-electron chi connectivity index (χ2n) is 6.55. The zero-order chi connectivity index (χ0) is 19.1. The van der Waals surface area contributed by atoms with Crippen LogP contribution in [0.25, 0.3) is 0 Å². The second-order valence-corrected chi connectivity index (χ2v) is 6.55. The fraction of sp³-hybridized carbons (Fsp3) is 0.333. The molecule has 0 bridgehead atoms. The molecule has 6 heteroatoms. The van der Waals surface area contributed by atoms with Gasteiger partial charge in [0, 0.05) is 25.2 Å². The summed E-state index contributed by atoms with van der Waals surface area (Å²) in [4.78, 5) is 26.2. The number of carbonyl (C=O) groups is 2. The van der Waals surface area contributed by atoms with Crippen molar-refractivity contribution in [1.29, 1.82) is 0 Å². The van der Waals surface area contributed by atoms with Crippen LogP contribution in [0.4, 0.5) is 4.79 Å². The van der Waals surface area contributed by atoms with Gasteiger partial charge in [0.25, 0.3) is 5.91 Å². The number of rotatable bonds is 5. The maximum atomic E-state index is 12.3. The summed E-state index contributed by atoms with van der Waals surface area (Å²) in [5, 5.41) is 2.97. The number of carbonyl (C=O) groups excluding carboxylic acids is 2. The average molecular weight is 368 g/mol. The Morgan fingerprint density at radius 3 is 2.44 bits per heavy atom. The number of para-hydroxylation sites is 1. The van der Waals surface area contributed by atoms with Crippen LogP contribution in [0, 0.1) is 5.92 Å². The third-order valence-corrected chi connectivity index (χ3v) is 4.70. The van der Waals surface area contributed by atoms with E-state index in [-0.39, 0.29) is 12.0 Å². The highest BCUT2D eigenvalue weighted by Crippen LogP contribution is 2.19. The number of nitrogens with one attached hydrogen (secondary N) is 1. The summed E-state index contributed by atoms with van der Waals surface area (Å²) >= 11 is 0. The SMILES string of the molecule is COc1cccc(C(=O)NCC2CCN(C(=O)Oc3ccccc3)CC2)c1. The Hall–Kier alpha value is -3.02. The van der Waals surface area contributed by atoms with Crippen molar-refractivity contribution in [2.45, 2.75) is 12.8 Å². The second kappa shape index (κ2) is 9.07. The molecule has 1 aliphatic rings. The minimum atomic E-state index is -0.319. The number of hydrogen-bond donors (Lipinski definition) is 1. The lowest BCUT2D eigenvalue weighted by Crippen LogP contribution is -2.42. The summed E-state index contributed by atoms with van der Waals surface area (Å²) in [7, 11) is 1.58. The predicted molar refractivity (Wildman–Crippen MR) is 102 cm³/mol. The third-order valence-electron chi connectivity index (χ3n) is 4.70. The van der Waals surface area contributed by atoms with Crippen molar-refractivity contribution in [2.75, 3.05) is 26.7 Å². The smallest absolute Gasteiger partial charge is 0.415 e. The van der Waals surface area contributed by atoms with E-state index in [1.165, 1.54) is 0 Å². The van der Waals surface area contributed by atoms with Crippen molar-refractivity contribution in [3.05, 3.63) is 60.2 Å². The molecule has 142 valence electrons. The van der Waals surface area contributed by atoms with Gasteiger partial charge in [0.05, 0.1) is 7.11 Å². The van der Waals surface area contributed by atoms with Gasteiger partial charge in [0.15, 0.2) is 0 Å². The van der Waals surface area contributed by atoms with E-state index in [9.17, 15) is 9.59 Å². The zero-order valence-electron chi connectivity index (χ0n) is 15.4. The molecule has 0 unspecified atom stereocenters. The largest absolute Gasteiger partial charge is 0.497 e. The number of methoxy groups -OCH3 is 1. The maximum Gasteiger partial charge on any atom is 0.415 e. The van der Waals surface area contributed by atoms with E-state index < -0.39 is 0 Å². The summed E-state index contributed by atoms with van der Waals surface area (Å²) in [6, 6.07) is 16.2. The highest BCUT2D eigenvalue weighted by Gasteiger charge is 2.24. The van der Waals surface area contributed by atoms with Crippen LogP contribution in [0.2, 0.25) is 0 Å². The molecule has 6 nitrogen and oxygen atoms in total. The van der Waals surface area contributed by atoms with Crippen molar-refractivity contribution in [2.24, 2.45) is 5.92 Å². The van der Waals surface area contributed by atoms with Gasteiger partial charge in [-0.05, 0) is 49.1 Å². The topological polar surface area (TPSA) is 67.9 Å². The van der Waals surface area contributed by atoms with Crippen LogP contribution in [-0.2, 0) is 0 Å². The van der Waals surface area contributed by atoms with Crippen LogP contribution in [0.5, 0.6) is 11.5 Å². The molecule has 1 N–H and O–H groups in total. The number of amides is 2. The molecule has 2 aromatic rings. The van der Waals surface area contributed by atoms with E-state index in [0.717, 1.165) is 12.8 Å². The van der Waals surface area contributed by atoms with E-state index in [0.29, 0.717) is 42.6 Å². The minimum absolute atomic E-state index is 0.111. The van der Waals surface area contributed by atoms with E-state index in [4.69, 9.17) is 9.47 Å². The van der Waals surface area contributed by atoms with Crippen molar-refractivity contribution in [3.63, 3.8) is 0 Å². The quantitative estimate of drug-likeness (QED) is 0.879. The molecular weight excluding hydrogens is 344 g/mol. The van der Waals surface area contributed by atoms with E-state index in [1.807, 2.05) is 18.2 Å². The molecule has 3 rings (SSSR count). The molecule has 1 heterocycles. The van der Waals surface area contributed by atoms with Crippen molar-refractivity contribution >= 4 is 12.0 Å². The Labute approximate surface area is 159 Å². The van der Waals surface area contributed by atoms with Gasteiger partial charge in [-0.15, -0.1) is 0 Å². The first-order chi connectivity index (χ1) is 13.2. The van der Waals surface area contributed by atoms with Crippen LogP contribution in [0.15, 0.2) is 54.6 Å². The molecule has 2 amide bonds. The van der Waals surface area contributed by atoms with Crippen LogP contribution in [0.3, 0.4) is 0 Å². The maximum absolute atomic E-state index is 12.3. The number of ether oxygens (including phenoxy) is 2. The van der Waals surface area contributed by atoms with Gasteiger partial charge in [0.1, 0.15) is 11.5 Å². The molecule has 1 saturated heterocycles. The standard InChI is InChI=1S/C21H24N2O4/c1-26-19-9-5-6-17(14-19)20(24)22-15-16-10-12-23(13-11-16)21(25)27-18-7-3-2-4-8-18/h2-9,14,16H,10-13,15H2,1H3,(H,22,24). The molecule has 1 fully saturated rings. The molecule has 0 aromatic heterocycles. The van der Waals surface area contributed by atoms with Gasteiger partial charge >= 0.3 is 6.09 Å². The molecule has 0 spiro atoms. The molecule has 2 aromatic carbocycles. The first-order valence-corrected chi connectivity index (χ1v) is 9.10. The van der Waals surface area contributed by atoms with Gasteiger partial charge in [-0.2, -0.15) is 0 Å². The Morgan fingerprint density at radius 2 is 1.74 bits per heavy atom. The van der Waals surface area contributed by atoms with Crippen LogP contribution < -0.4 is 14.8 Å². The lowest BCUT2D eigenvalue weighted by Gasteiger charge is -2.31. The molecule has 27 heavy (non-hydrogen) atoms. The van der Waals surface area contributed by atoms with Gasteiger partial charge in [-0.1, -0.05) is 24.3 Å². The Balaban J connectivity index is 1.42. The predicted octanol–water partition coefficient (Wildman–Crippen LogP) is 3.34. The Bertz CT molecular complexity index is 771. The molecule has 0 saturated carbocycles. The third kappa shape index (κ3) is 5.23. The molecule has 0 atom stereocenters. The summed E-state index contributed by atoms with van der Waals surface area (Å²) in [5.74, 6) is 1.45. The summed E-state index contributed by atoms with van der Waals surface area (Å²) in [5.41, 5.74) is 0.582. The van der Waals surface area contributed by atoms with Crippen molar-refractivity contribution in [3.8, 4) is 11.5 Å². The molecular formula is C21H24N2O4. The summed E-state index contributed by atoms with van der Waals surface area (Å²) in [6.07, 6.45) is 1.35. The van der Waals surface area contributed by atoms with Crippen LogP contribution >= 0.6 is 0 Å². The minimum Gasteiger partial charge on any atom is -0.497 e. The molecule has 1 aliphatic heterocycles. The number of hydrogen-bond acceptors (Lipinski definition) is 4. The van der Waals surface area contributed by atoms with Gasteiger partial charge in [0.2, 0.25) is 0 Å². The zero-order valence-corrected chi connectivity index (χ0v) is 15.4. The normalized spacial score (nSPS) is 14.5. The van der Waals surface area contributed by atoms with Crippen molar-refractivity contribution < 1.29 is 19.1 Å². The number of likely N-dealkylation sites (tertiary alicyclic amines) is 1. The van der Waals surface area contributed by atoms with Gasteiger partial charge < -0.3 is 19.7 Å². The monoisotopic (exact) mass is 368 g/mol. The van der Waals surface area contributed by atoms with Crippen LogP contribution in [-0.4, -0.2) is 43.6 Å². The van der Waals surface area contributed by atoms with Crippen LogP contribution in [0.1, 0.15) is 23.2 Å². The lowest BCUT2D eigenvalue weighted by atomic mass is 9.97. The Kier molecular flexibility index (Phi) is 6.30. The van der Waals surface area contributed by atoms with E-state index in [1.54, 1.807) is 48.4 Å². The average Bonchev–Trinajstić information content (AvgIpc) is 2.73. The number of piperidine rings is 1. The lowest BCUT2D eigenvalue weighted by molar-refractivity contribution is 0.0931. The fourth-order valence-corrected chi connectivity index (χ4v) is 3.08. The van der Waals surface area contributed by atoms with E-state index in [2.05, 4.69) is 5.32 Å². The van der Waals surface area contributed by atoms with Gasteiger partial charge in [-0.3, -0.25) is 4.79 Å². The summed E-state index contributed by atoms with van der Waals surface area (Å²) in [6.45, 7) is 1.86. The number of nitrogens with zero attached hydrogens (tertiary/aromatic N) is 1. The summed E-state index contributed by atoms with van der Waals surface area (Å²) < 4.78 is 10.5.